The Hall–Kier alpha value is -0.930. The van der Waals surface area contributed by atoms with E-state index in [4.69, 9.17) is 5.73 Å². The minimum atomic E-state index is -0.194. The molecule has 0 aromatic heterocycles. The zero-order valence-corrected chi connectivity index (χ0v) is 13.2. The quantitative estimate of drug-likeness (QED) is 0.854. The molecule has 1 saturated heterocycles. The molecule has 0 amide bonds. The maximum Gasteiger partial charge on any atom is 0.127 e. The maximum atomic E-state index is 13.7. The summed E-state index contributed by atoms with van der Waals surface area (Å²) in [4.78, 5) is 2.51. The predicted molar refractivity (Wildman–Crippen MR) is 86.6 cm³/mol. The molecule has 1 heterocycles. The molecule has 1 aliphatic rings. The van der Waals surface area contributed by atoms with Gasteiger partial charge in [-0.15, -0.1) is 0 Å². The molecule has 2 rings (SSSR count). The number of nitrogens with two attached hydrogens (primary N) is 1. The molecule has 1 aliphatic heterocycles. The summed E-state index contributed by atoms with van der Waals surface area (Å²) in [5, 5.41) is 0. The number of rotatable bonds is 6. The SMILES string of the molecule is CCCC1CCCN(CCC(N)c2ccccc2F)CC1. The lowest BCUT2D eigenvalue weighted by Gasteiger charge is -2.22. The average molecular weight is 292 g/mol. The Morgan fingerprint density at radius 3 is 2.86 bits per heavy atom. The maximum absolute atomic E-state index is 13.7. The summed E-state index contributed by atoms with van der Waals surface area (Å²) < 4.78 is 13.7. The molecular weight excluding hydrogens is 263 g/mol. The van der Waals surface area contributed by atoms with E-state index in [2.05, 4.69) is 11.8 Å². The number of benzene rings is 1. The molecule has 0 aliphatic carbocycles. The number of nitrogens with zero attached hydrogens (tertiary/aromatic N) is 1. The summed E-state index contributed by atoms with van der Waals surface area (Å²) in [6.45, 7) is 5.60. The molecule has 2 nitrogen and oxygen atoms in total. The number of likely N-dealkylation sites (tertiary alicyclic amines) is 1. The molecular formula is C18H29FN2. The number of hydrogen-bond acceptors (Lipinski definition) is 2. The van der Waals surface area contributed by atoms with Gasteiger partial charge < -0.3 is 10.6 Å². The van der Waals surface area contributed by atoms with E-state index in [9.17, 15) is 4.39 Å². The van der Waals surface area contributed by atoms with Gasteiger partial charge >= 0.3 is 0 Å². The van der Waals surface area contributed by atoms with Crippen molar-refractivity contribution in [1.29, 1.82) is 0 Å². The van der Waals surface area contributed by atoms with E-state index in [1.807, 2.05) is 6.07 Å². The van der Waals surface area contributed by atoms with E-state index in [0.29, 0.717) is 5.56 Å². The van der Waals surface area contributed by atoms with Crippen molar-refractivity contribution in [1.82, 2.24) is 4.90 Å². The standard InChI is InChI=1S/C18H29FN2/c1-2-6-15-7-5-12-21(13-10-15)14-11-18(20)16-8-3-4-9-17(16)19/h3-4,8-9,15,18H,2,5-7,10-14,20H2,1H3. The molecule has 1 fully saturated rings. The van der Waals surface area contributed by atoms with Gasteiger partial charge in [-0.05, 0) is 57.3 Å². The van der Waals surface area contributed by atoms with Crippen LogP contribution in [0.5, 0.6) is 0 Å². The van der Waals surface area contributed by atoms with Crippen molar-refractivity contribution in [3.8, 4) is 0 Å². The van der Waals surface area contributed by atoms with Gasteiger partial charge in [0.15, 0.2) is 0 Å². The van der Waals surface area contributed by atoms with Crippen LogP contribution in [0.4, 0.5) is 4.39 Å². The van der Waals surface area contributed by atoms with Crippen LogP contribution in [-0.2, 0) is 0 Å². The average Bonchev–Trinajstić information content (AvgIpc) is 2.71. The van der Waals surface area contributed by atoms with Gasteiger partial charge in [-0.3, -0.25) is 0 Å². The minimum absolute atomic E-state index is 0.177. The van der Waals surface area contributed by atoms with Crippen molar-refractivity contribution in [2.75, 3.05) is 19.6 Å². The smallest absolute Gasteiger partial charge is 0.127 e. The Labute approximate surface area is 128 Å². The van der Waals surface area contributed by atoms with Gasteiger partial charge in [0, 0.05) is 11.6 Å². The third-order valence-electron chi connectivity index (χ3n) is 4.70. The first-order valence-electron chi connectivity index (χ1n) is 8.43. The first-order valence-corrected chi connectivity index (χ1v) is 8.43. The van der Waals surface area contributed by atoms with Gasteiger partial charge in [-0.2, -0.15) is 0 Å². The fraction of sp³-hybridized carbons (Fsp3) is 0.667. The molecule has 2 unspecified atom stereocenters. The Kier molecular flexibility index (Phi) is 6.65. The van der Waals surface area contributed by atoms with Crippen molar-refractivity contribution >= 4 is 0 Å². The van der Waals surface area contributed by atoms with Gasteiger partial charge in [0.25, 0.3) is 0 Å². The van der Waals surface area contributed by atoms with Gasteiger partial charge in [-0.1, -0.05) is 38.0 Å². The van der Waals surface area contributed by atoms with Gasteiger partial charge in [0.05, 0.1) is 0 Å². The molecule has 2 N–H and O–H groups in total. The lowest BCUT2D eigenvalue weighted by Crippen LogP contribution is -2.28. The van der Waals surface area contributed by atoms with Gasteiger partial charge in [0.2, 0.25) is 0 Å². The van der Waals surface area contributed by atoms with Crippen LogP contribution >= 0.6 is 0 Å². The molecule has 0 radical (unpaired) electrons. The molecule has 0 spiro atoms. The summed E-state index contributed by atoms with van der Waals surface area (Å²) in [7, 11) is 0. The van der Waals surface area contributed by atoms with Gasteiger partial charge in [-0.25, -0.2) is 4.39 Å². The van der Waals surface area contributed by atoms with Crippen molar-refractivity contribution in [3.05, 3.63) is 35.6 Å². The molecule has 118 valence electrons. The Bertz CT molecular complexity index is 421. The Morgan fingerprint density at radius 2 is 2.10 bits per heavy atom. The molecule has 2 atom stereocenters. The fourth-order valence-electron chi connectivity index (χ4n) is 3.40. The van der Waals surface area contributed by atoms with E-state index in [-0.39, 0.29) is 11.9 Å². The third kappa shape index (κ3) is 5.08. The summed E-state index contributed by atoms with van der Waals surface area (Å²) in [5.74, 6) is 0.726. The highest BCUT2D eigenvalue weighted by Gasteiger charge is 2.18. The lowest BCUT2D eigenvalue weighted by atomic mass is 9.96. The van der Waals surface area contributed by atoms with Gasteiger partial charge in [0.1, 0.15) is 5.82 Å². The minimum Gasteiger partial charge on any atom is -0.324 e. The molecule has 21 heavy (non-hydrogen) atoms. The van der Waals surface area contributed by atoms with Crippen molar-refractivity contribution in [2.45, 2.75) is 51.5 Å². The second-order valence-electron chi connectivity index (χ2n) is 6.34. The number of hydrogen-bond donors (Lipinski definition) is 1. The topological polar surface area (TPSA) is 29.3 Å². The first-order chi connectivity index (χ1) is 10.2. The predicted octanol–water partition coefficient (Wildman–Crippen LogP) is 4.12. The van der Waals surface area contributed by atoms with E-state index in [0.717, 1.165) is 18.9 Å². The molecule has 0 bridgehead atoms. The largest absolute Gasteiger partial charge is 0.324 e. The van der Waals surface area contributed by atoms with Crippen molar-refractivity contribution < 1.29 is 4.39 Å². The fourth-order valence-corrected chi connectivity index (χ4v) is 3.40. The van der Waals surface area contributed by atoms with Crippen LogP contribution in [0, 0.1) is 11.7 Å². The van der Waals surface area contributed by atoms with Crippen LogP contribution in [0.15, 0.2) is 24.3 Å². The summed E-state index contributed by atoms with van der Waals surface area (Å²) in [5.41, 5.74) is 6.81. The Balaban J connectivity index is 1.79. The highest BCUT2D eigenvalue weighted by molar-refractivity contribution is 5.20. The molecule has 0 saturated carbocycles. The van der Waals surface area contributed by atoms with Crippen LogP contribution in [0.3, 0.4) is 0 Å². The van der Waals surface area contributed by atoms with E-state index >= 15 is 0 Å². The molecule has 1 aromatic rings. The van der Waals surface area contributed by atoms with Crippen LogP contribution in [0.1, 0.15) is 57.1 Å². The van der Waals surface area contributed by atoms with Crippen LogP contribution < -0.4 is 5.73 Å². The number of halogens is 1. The second-order valence-corrected chi connectivity index (χ2v) is 6.34. The Morgan fingerprint density at radius 1 is 1.29 bits per heavy atom. The second kappa shape index (κ2) is 8.50. The highest BCUT2D eigenvalue weighted by Crippen LogP contribution is 2.23. The van der Waals surface area contributed by atoms with Crippen LogP contribution in [0.25, 0.3) is 0 Å². The first kappa shape index (κ1) is 16.4. The summed E-state index contributed by atoms with van der Waals surface area (Å²) in [6.07, 6.45) is 7.46. The third-order valence-corrected chi connectivity index (χ3v) is 4.70. The zero-order chi connectivity index (χ0) is 15.1. The zero-order valence-electron chi connectivity index (χ0n) is 13.2. The summed E-state index contributed by atoms with van der Waals surface area (Å²) in [6, 6.07) is 6.69. The lowest BCUT2D eigenvalue weighted by molar-refractivity contribution is 0.268. The summed E-state index contributed by atoms with van der Waals surface area (Å²) >= 11 is 0. The van der Waals surface area contributed by atoms with E-state index in [1.54, 1.807) is 12.1 Å². The van der Waals surface area contributed by atoms with Crippen LogP contribution in [-0.4, -0.2) is 24.5 Å². The monoisotopic (exact) mass is 292 g/mol. The molecule has 1 aromatic carbocycles. The highest BCUT2D eigenvalue weighted by atomic mass is 19.1. The van der Waals surface area contributed by atoms with Crippen molar-refractivity contribution in [2.24, 2.45) is 11.7 Å². The van der Waals surface area contributed by atoms with Crippen molar-refractivity contribution in [3.63, 3.8) is 0 Å². The normalized spacial score (nSPS) is 22.0. The van der Waals surface area contributed by atoms with Crippen LogP contribution in [0.2, 0.25) is 0 Å². The molecule has 3 heteroatoms. The van der Waals surface area contributed by atoms with E-state index < -0.39 is 0 Å². The van der Waals surface area contributed by atoms with E-state index in [1.165, 1.54) is 51.3 Å².